The molecular weight excluding hydrogens is 386 g/mol. The molecule has 1 aliphatic heterocycles. The van der Waals surface area contributed by atoms with E-state index in [0.717, 1.165) is 29.9 Å². The van der Waals surface area contributed by atoms with Crippen molar-refractivity contribution in [1.82, 2.24) is 14.5 Å². The molecule has 0 spiro atoms. The molecule has 0 saturated heterocycles. The summed E-state index contributed by atoms with van der Waals surface area (Å²) in [5.74, 6) is 0.577. The van der Waals surface area contributed by atoms with Crippen LogP contribution in [-0.2, 0) is 25.6 Å². The molecule has 2 aromatic carbocycles. The monoisotopic (exact) mass is 413 g/mol. The fourth-order valence-corrected chi connectivity index (χ4v) is 4.78. The lowest BCUT2D eigenvalue weighted by Crippen LogP contribution is -2.39. The summed E-state index contributed by atoms with van der Waals surface area (Å²) >= 11 is 0. The molecule has 158 valence electrons. The van der Waals surface area contributed by atoms with E-state index in [0.29, 0.717) is 12.4 Å². The van der Waals surface area contributed by atoms with Crippen LogP contribution < -0.4 is 15.6 Å². The van der Waals surface area contributed by atoms with Gasteiger partial charge < -0.3 is 14.6 Å². The molecule has 0 saturated carbocycles. The molecule has 0 aliphatic carbocycles. The molecule has 0 radical (unpaired) electrons. The van der Waals surface area contributed by atoms with Gasteiger partial charge in [-0.3, -0.25) is 9.36 Å². The number of aryl methyl sites for hydroxylation is 1. The number of hydrogen-bond acceptors (Lipinski definition) is 3. The molecule has 5 heteroatoms. The summed E-state index contributed by atoms with van der Waals surface area (Å²) in [4.78, 5) is 12.8. The molecule has 0 amide bonds. The Balaban J connectivity index is 1.48. The maximum atomic E-state index is 12.8. The van der Waals surface area contributed by atoms with E-state index in [-0.39, 0.29) is 11.0 Å². The molecular formula is C26H27N3O2. The van der Waals surface area contributed by atoms with Crippen molar-refractivity contribution in [3.8, 4) is 11.4 Å². The summed E-state index contributed by atoms with van der Waals surface area (Å²) in [6.07, 6.45) is 1.79. The van der Waals surface area contributed by atoms with Crippen LogP contribution in [0.5, 0.6) is 5.75 Å². The van der Waals surface area contributed by atoms with Gasteiger partial charge >= 0.3 is 0 Å². The van der Waals surface area contributed by atoms with Gasteiger partial charge in [0.15, 0.2) is 0 Å². The van der Waals surface area contributed by atoms with Gasteiger partial charge in [0.2, 0.25) is 0 Å². The number of nitrogens with zero attached hydrogens (tertiary/aromatic N) is 2. The van der Waals surface area contributed by atoms with Crippen LogP contribution in [0.4, 0.5) is 0 Å². The summed E-state index contributed by atoms with van der Waals surface area (Å²) in [6.45, 7) is 6.83. The second-order valence-electron chi connectivity index (χ2n) is 8.92. The first-order chi connectivity index (χ1) is 14.9. The minimum absolute atomic E-state index is 0.0656. The molecule has 0 bridgehead atoms. The topological polar surface area (TPSA) is 48.2 Å². The predicted octanol–water partition coefficient (Wildman–Crippen LogP) is 4.29. The third-order valence-electron chi connectivity index (χ3n) is 6.22. The van der Waals surface area contributed by atoms with E-state index in [4.69, 9.17) is 4.74 Å². The normalized spacial score (nSPS) is 15.1. The smallest absolute Gasteiger partial charge is 0.258 e. The van der Waals surface area contributed by atoms with Crippen LogP contribution in [0.1, 0.15) is 30.7 Å². The van der Waals surface area contributed by atoms with Gasteiger partial charge in [-0.2, -0.15) is 0 Å². The van der Waals surface area contributed by atoms with Gasteiger partial charge in [-0.1, -0.05) is 50.2 Å². The van der Waals surface area contributed by atoms with Crippen LogP contribution in [-0.4, -0.2) is 15.7 Å². The zero-order valence-corrected chi connectivity index (χ0v) is 18.2. The number of aromatic nitrogens is 2. The predicted molar refractivity (Wildman–Crippen MR) is 124 cm³/mol. The Kier molecular flexibility index (Phi) is 4.71. The summed E-state index contributed by atoms with van der Waals surface area (Å²) in [7, 11) is 2.13. The van der Waals surface area contributed by atoms with E-state index < -0.39 is 0 Å². The molecule has 1 N–H and O–H groups in total. The van der Waals surface area contributed by atoms with Gasteiger partial charge in [-0.15, -0.1) is 0 Å². The minimum Gasteiger partial charge on any atom is -0.489 e. The van der Waals surface area contributed by atoms with E-state index in [2.05, 4.69) is 42.9 Å². The van der Waals surface area contributed by atoms with Crippen molar-refractivity contribution in [2.75, 3.05) is 6.54 Å². The molecule has 5 rings (SSSR count). The average molecular weight is 414 g/mol. The zero-order valence-electron chi connectivity index (χ0n) is 18.2. The lowest BCUT2D eigenvalue weighted by molar-refractivity contribution is 0.305. The molecule has 1 aliphatic rings. The Hall–Kier alpha value is -3.31. The lowest BCUT2D eigenvalue weighted by Gasteiger charge is -2.32. The first kappa shape index (κ1) is 19.6. The van der Waals surface area contributed by atoms with Crippen LogP contribution in [0.25, 0.3) is 16.6 Å². The number of rotatable bonds is 4. The summed E-state index contributed by atoms with van der Waals surface area (Å²) < 4.78 is 9.77. The van der Waals surface area contributed by atoms with Crippen molar-refractivity contribution in [3.63, 3.8) is 0 Å². The quantitative estimate of drug-likeness (QED) is 0.543. The Labute approximate surface area is 181 Å². The minimum atomic E-state index is -0.106. The van der Waals surface area contributed by atoms with Gasteiger partial charge in [0.1, 0.15) is 12.4 Å². The molecule has 31 heavy (non-hydrogen) atoms. The standard InChI is InChI=1S/C26H27N3O2/c1-26(2)17-27-15-22-21-10-9-19(13-23(21)28(3)25(22)26)29-12-11-20(14-24(29)30)31-16-18-7-5-4-6-8-18/h4-14,27H,15-17H2,1-3H3. The molecule has 2 aromatic heterocycles. The number of nitrogens with one attached hydrogen (secondary N) is 1. The first-order valence-electron chi connectivity index (χ1n) is 10.7. The van der Waals surface area contributed by atoms with Gasteiger partial charge in [0, 0.05) is 48.9 Å². The molecule has 3 heterocycles. The highest BCUT2D eigenvalue weighted by Crippen LogP contribution is 2.36. The Morgan fingerprint density at radius 2 is 1.87 bits per heavy atom. The van der Waals surface area contributed by atoms with Gasteiger partial charge in [-0.05, 0) is 29.3 Å². The fourth-order valence-electron chi connectivity index (χ4n) is 4.78. The second kappa shape index (κ2) is 7.43. The molecule has 0 fully saturated rings. The van der Waals surface area contributed by atoms with Crippen LogP contribution in [0.15, 0.2) is 71.7 Å². The third-order valence-corrected chi connectivity index (χ3v) is 6.22. The number of ether oxygens (including phenoxy) is 1. The van der Waals surface area contributed by atoms with Crippen LogP contribution in [0.3, 0.4) is 0 Å². The SMILES string of the molecule is Cn1c2c(c3ccc(-n4ccc(OCc5ccccc5)cc4=O)cc31)CNCC2(C)C. The molecule has 0 unspecified atom stereocenters. The summed E-state index contributed by atoms with van der Waals surface area (Å²) in [6, 6.07) is 19.6. The average Bonchev–Trinajstić information content (AvgIpc) is 3.06. The fraction of sp³-hybridized carbons (Fsp3) is 0.269. The zero-order chi connectivity index (χ0) is 21.6. The Bertz CT molecular complexity index is 1320. The Morgan fingerprint density at radius 1 is 1.06 bits per heavy atom. The largest absolute Gasteiger partial charge is 0.489 e. The molecule has 5 nitrogen and oxygen atoms in total. The first-order valence-corrected chi connectivity index (χ1v) is 10.7. The van der Waals surface area contributed by atoms with Crippen LogP contribution in [0.2, 0.25) is 0 Å². The maximum absolute atomic E-state index is 12.8. The lowest BCUT2D eigenvalue weighted by atomic mass is 9.83. The molecule has 0 atom stereocenters. The van der Waals surface area contributed by atoms with Crippen molar-refractivity contribution in [3.05, 3.63) is 94.0 Å². The maximum Gasteiger partial charge on any atom is 0.258 e. The highest BCUT2D eigenvalue weighted by atomic mass is 16.5. The van der Waals surface area contributed by atoms with E-state index in [1.807, 2.05) is 42.5 Å². The Morgan fingerprint density at radius 3 is 2.65 bits per heavy atom. The second-order valence-corrected chi connectivity index (χ2v) is 8.92. The van der Waals surface area contributed by atoms with E-state index >= 15 is 0 Å². The third kappa shape index (κ3) is 3.45. The number of hydrogen-bond donors (Lipinski definition) is 1. The van der Waals surface area contributed by atoms with E-state index in [1.165, 1.54) is 16.6 Å². The summed E-state index contributed by atoms with van der Waals surface area (Å²) in [5, 5.41) is 4.79. The number of benzene rings is 2. The highest BCUT2D eigenvalue weighted by Gasteiger charge is 2.32. The van der Waals surface area contributed by atoms with Crippen molar-refractivity contribution < 1.29 is 4.74 Å². The summed E-state index contributed by atoms with van der Waals surface area (Å²) in [5.41, 5.74) is 5.77. The van der Waals surface area contributed by atoms with Crippen molar-refractivity contribution in [1.29, 1.82) is 0 Å². The van der Waals surface area contributed by atoms with E-state index in [9.17, 15) is 4.79 Å². The van der Waals surface area contributed by atoms with Gasteiger partial charge in [0.25, 0.3) is 5.56 Å². The van der Waals surface area contributed by atoms with Crippen molar-refractivity contribution in [2.45, 2.75) is 32.4 Å². The van der Waals surface area contributed by atoms with Crippen molar-refractivity contribution in [2.24, 2.45) is 7.05 Å². The van der Waals surface area contributed by atoms with Gasteiger partial charge in [-0.25, -0.2) is 0 Å². The van der Waals surface area contributed by atoms with Crippen LogP contribution in [0, 0.1) is 0 Å². The number of pyridine rings is 1. The van der Waals surface area contributed by atoms with Crippen molar-refractivity contribution >= 4 is 10.9 Å². The number of fused-ring (bicyclic) bond motifs is 3. The van der Waals surface area contributed by atoms with Crippen LogP contribution >= 0.6 is 0 Å². The molecule has 4 aromatic rings. The highest BCUT2D eigenvalue weighted by molar-refractivity contribution is 5.88. The van der Waals surface area contributed by atoms with E-state index in [1.54, 1.807) is 16.8 Å². The van der Waals surface area contributed by atoms with Gasteiger partial charge in [0.05, 0.1) is 11.2 Å².